The Labute approximate surface area is 162 Å². The lowest BCUT2D eigenvalue weighted by atomic mass is 10.2. The number of hydrogen-bond acceptors (Lipinski definition) is 4. The maximum atomic E-state index is 11.9. The van der Waals surface area contributed by atoms with Gasteiger partial charge in [0.25, 0.3) is 0 Å². The van der Waals surface area contributed by atoms with Crippen LogP contribution in [0.2, 0.25) is 10.0 Å². The highest BCUT2D eigenvalue weighted by Crippen LogP contribution is 2.29. The van der Waals surface area contributed by atoms with Crippen molar-refractivity contribution < 1.29 is 14.3 Å². The number of anilines is 1. The molecule has 0 heterocycles. The van der Waals surface area contributed by atoms with Gasteiger partial charge in [-0.2, -0.15) is 5.10 Å². The summed E-state index contributed by atoms with van der Waals surface area (Å²) in [5, 5.41) is 6.52. The van der Waals surface area contributed by atoms with Crippen molar-refractivity contribution >= 4 is 62.8 Å². The van der Waals surface area contributed by atoms with Crippen LogP contribution in [-0.2, 0) is 9.59 Å². The van der Waals surface area contributed by atoms with E-state index in [0.717, 1.165) is 4.47 Å². The Balaban J connectivity index is 2.00. The van der Waals surface area contributed by atoms with E-state index in [0.29, 0.717) is 11.3 Å². The van der Waals surface area contributed by atoms with Crippen molar-refractivity contribution in [2.24, 2.45) is 5.10 Å². The molecule has 2 rings (SSSR count). The molecule has 0 unspecified atom stereocenters. The molecule has 0 aromatic heterocycles. The van der Waals surface area contributed by atoms with Crippen LogP contribution in [0.25, 0.3) is 0 Å². The average molecular weight is 445 g/mol. The van der Waals surface area contributed by atoms with E-state index in [1.54, 1.807) is 30.3 Å². The van der Waals surface area contributed by atoms with Crippen molar-refractivity contribution in [3.8, 4) is 5.75 Å². The first kappa shape index (κ1) is 19.2. The molecule has 0 aliphatic rings. The summed E-state index contributed by atoms with van der Waals surface area (Å²) in [6.07, 6.45) is 1.38. The zero-order valence-corrected chi connectivity index (χ0v) is 15.9. The van der Waals surface area contributed by atoms with Crippen LogP contribution in [0.1, 0.15) is 5.56 Å². The van der Waals surface area contributed by atoms with E-state index in [4.69, 9.17) is 27.9 Å². The van der Waals surface area contributed by atoms with Gasteiger partial charge in [0, 0.05) is 10.0 Å². The third kappa shape index (κ3) is 5.19. The van der Waals surface area contributed by atoms with E-state index in [1.165, 1.54) is 19.4 Å². The molecule has 0 atom stereocenters. The number of hydrogen-bond donors (Lipinski definition) is 2. The van der Waals surface area contributed by atoms with Crippen LogP contribution in [0, 0.1) is 0 Å². The number of carbonyl (C=O) groups excluding carboxylic acids is 2. The lowest BCUT2D eigenvalue weighted by Crippen LogP contribution is -2.32. The maximum Gasteiger partial charge on any atom is 0.329 e. The average Bonchev–Trinajstić information content (AvgIpc) is 2.60. The van der Waals surface area contributed by atoms with Gasteiger partial charge in [0.1, 0.15) is 5.75 Å². The van der Waals surface area contributed by atoms with E-state index in [9.17, 15) is 9.59 Å². The fraction of sp³-hybridized carbons (Fsp3) is 0.0625. The Morgan fingerprint density at radius 1 is 1.20 bits per heavy atom. The van der Waals surface area contributed by atoms with Gasteiger partial charge in [0.05, 0.1) is 29.1 Å². The van der Waals surface area contributed by atoms with E-state index >= 15 is 0 Å². The first-order chi connectivity index (χ1) is 11.9. The van der Waals surface area contributed by atoms with Gasteiger partial charge in [0.2, 0.25) is 0 Å². The van der Waals surface area contributed by atoms with Crippen LogP contribution in [0.5, 0.6) is 5.75 Å². The van der Waals surface area contributed by atoms with Gasteiger partial charge in [-0.25, -0.2) is 5.43 Å². The SMILES string of the molecule is COc1ccc(Br)c(/C=N\NC(=O)C(=O)Nc2cccc(Cl)c2Cl)c1. The second kappa shape index (κ2) is 8.84. The summed E-state index contributed by atoms with van der Waals surface area (Å²) in [7, 11) is 1.54. The number of amides is 2. The van der Waals surface area contributed by atoms with Gasteiger partial charge in [-0.1, -0.05) is 45.2 Å². The number of carbonyl (C=O) groups is 2. The number of rotatable bonds is 4. The molecule has 25 heavy (non-hydrogen) atoms. The molecule has 9 heteroatoms. The number of nitrogens with zero attached hydrogens (tertiary/aromatic N) is 1. The molecule has 0 bridgehead atoms. The predicted octanol–water partition coefficient (Wildman–Crippen LogP) is 3.85. The normalized spacial score (nSPS) is 10.6. The Bertz CT molecular complexity index is 843. The van der Waals surface area contributed by atoms with Gasteiger partial charge in [-0.15, -0.1) is 0 Å². The Hall–Kier alpha value is -2.09. The molecule has 0 fully saturated rings. The molecule has 0 aliphatic heterocycles. The van der Waals surface area contributed by atoms with Crippen molar-refractivity contribution in [1.29, 1.82) is 0 Å². The highest BCUT2D eigenvalue weighted by molar-refractivity contribution is 9.10. The minimum absolute atomic E-state index is 0.147. The van der Waals surface area contributed by atoms with Crippen LogP contribution in [0.4, 0.5) is 5.69 Å². The first-order valence-corrected chi connectivity index (χ1v) is 8.39. The number of benzene rings is 2. The standard InChI is InChI=1S/C16H12BrCl2N3O3/c1-25-10-5-6-11(17)9(7-10)8-20-22-16(24)15(23)21-13-4-2-3-12(18)14(13)19/h2-8H,1H3,(H,21,23)(H,22,24)/b20-8-. The summed E-state index contributed by atoms with van der Waals surface area (Å²) in [4.78, 5) is 23.7. The van der Waals surface area contributed by atoms with Crippen LogP contribution < -0.4 is 15.5 Å². The second-order valence-electron chi connectivity index (χ2n) is 4.64. The van der Waals surface area contributed by atoms with Crippen molar-refractivity contribution in [3.63, 3.8) is 0 Å². The molecule has 6 nitrogen and oxygen atoms in total. The van der Waals surface area contributed by atoms with Crippen LogP contribution in [0.3, 0.4) is 0 Å². The minimum Gasteiger partial charge on any atom is -0.497 e. The molecule has 2 N–H and O–H groups in total. The van der Waals surface area contributed by atoms with Gasteiger partial charge in [-0.05, 0) is 30.3 Å². The van der Waals surface area contributed by atoms with Crippen molar-refractivity contribution in [1.82, 2.24) is 5.43 Å². The Morgan fingerprint density at radius 3 is 2.68 bits per heavy atom. The second-order valence-corrected chi connectivity index (χ2v) is 6.28. The largest absolute Gasteiger partial charge is 0.497 e. The Kier molecular flexibility index (Phi) is 6.81. The number of ether oxygens (including phenoxy) is 1. The van der Waals surface area contributed by atoms with E-state index in [1.807, 2.05) is 0 Å². The smallest absolute Gasteiger partial charge is 0.329 e. The summed E-state index contributed by atoms with van der Waals surface area (Å²) < 4.78 is 5.86. The van der Waals surface area contributed by atoms with Crippen molar-refractivity contribution in [3.05, 3.63) is 56.5 Å². The third-order valence-corrected chi connectivity index (χ3v) is 4.52. The molecule has 0 saturated carbocycles. The van der Waals surface area contributed by atoms with Gasteiger partial charge in [-0.3, -0.25) is 9.59 Å². The summed E-state index contributed by atoms with van der Waals surface area (Å²) in [6, 6.07) is 9.94. The quantitative estimate of drug-likeness (QED) is 0.427. The zero-order chi connectivity index (χ0) is 18.4. The van der Waals surface area contributed by atoms with Crippen molar-refractivity contribution in [2.45, 2.75) is 0 Å². The summed E-state index contributed by atoms with van der Waals surface area (Å²) >= 11 is 15.1. The molecule has 130 valence electrons. The maximum absolute atomic E-state index is 11.9. The van der Waals surface area contributed by atoms with Crippen molar-refractivity contribution in [2.75, 3.05) is 12.4 Å². The predicted molar refractivity (Wildman–Crippen MR) is 102 cm³/mol. The van der Waals surface area contributed by atoms with Gasteiger partial charge in [0.15, 0.2) is 0 Å². The molecule has 2 amide bonds. The summed E-state index contributed by atoms with van der Waals surface area (Å²) in [5.41, 5.74) is 3.03. The molecule has 0 saturated heterocycles. The third-order valence-electron chi connectivity index (χ3n) is 2.98. The number of nitrogens with one attached hydrogen (secondary N) is 2. The fourth-order valence-corrected chi connectivity index (χ4v) is 2.44. The van der Waals surface area contributed by atoms with Gasteiger partial charge < -0.3 is 10.1 Å². The van der Waals surface area contributed by atoms with E-state index in [2.05, 4.69) is 31.8 Å². The molecule has 2 aromatic carbocycles. The van der Waals surface area contributed by atoms with Crippen LogP contribution >= 0.6 is 39.1 Å². The monoisotopic (exact) mass is 443 g/mol. The molecule has 0 radical (unpaired) electrons. The molecule has 2 aromatic rings. The Morgan fingerprint density at radius 2 is 1.96 bits per heavy atom. The number of hydrazone groups is 1. The lowest BCUT2D eigenvalue weighted by Gasteiger charge is -2.07. The molecular formula is C16H12BrCl2N3O3. The zero-order valence-electron chi connectivity index (χ0n) is 12.8. The topological polar surface area (TPSA) is 79.8 Å². The molecule has 0 spiro atoms. The highest BCUT2D eigenvalue weighted by atomic mass is 79.9. The first-order valence-electron chi connectivity index (χ1n) is 6.84. The van der Waals surface area contributed by atoms with Crippen LogP contribution in [0.15, 0.2) is 46.0 Å². The van der Waals surface area contributed by atoms with E-state index < -0.39 is 11.8 Å². The van der Waals surface area contributed by atoms with Crippen LogP contribution in [-0.4, -0.2) is 25.1 Å². The minimum atomic E-state index is -0.952. The van der Waals surface area contributed by atoms with E-state index in [-0.39, 0.29) is 15.7 Å². The number of halogens is 3. The highest BCUT2D eigenvalue weighted by Gasteiger charge is 2.15. The molecule has 0 aliphatic carbocycles. The molecular weight excluding hydrogens is 433 g/mol. The summed E-state index contributed by atoms with van der Waals surface area (Å²) in [5.74, 6) is -1.25. The summed E-state index contributed by atoms with van der Waals surface area (Å²) in [6.45, 7) is 0. The van der Waals surface area contributed by atoms with Gasteiger partial charge >= 0.3 is 11.8 Å². The number of methoxy groups -OCH3 is 1. The lowest BCUT2D eigenvalue weighted by molar-refractivity contribution is -0.136. The fourth-order valence-electron chi connectivity index (χ4n) is 1.74.